The molecule has 1 aliphatic rings. The summed E-state index contributed by atoms with van der Waals surface area (Å²) in [6.45, 7) is 4.64. The molecule has 3 nitrogen and oxygen atoms in total. The molecule has 1 aliphatic carbocycles. The van der Waals surface area contributed by atoms with E-state index in [0.717, 1.165) is 28.0 Å². The molecule has 0 aliphatic heterocycles. The van der Waals surface area contributed by atoms with Crippen LogP contribution in [0.5, 0.6) is 0 Å². The minimum atomic E-state index is -0.262. The summed E-state index contributed by atoms with van der Waals surface area (Å²) in [5, 5.41) is 9.93. The monoisotopic (exact) mass is 643 g/mol. The Balaban J connectivity index is 1.28. The second-order valence-corrected chi connectivity index (χ2v) is 14.9. The fraction of sp³-hybridized carbons (Fsp3) is 0.0667. The maximum atomic E-state index is 5.61. The van der Waals surface area contributed by atoms with Gasteiger partial charge in [-0.25, -0.2) is 9.97 Å². The van der Waals surface area contributed by atoms with Crippen molar-refractivity contribution < 1.29 is 0 Å². The van der Waals surface area contributed by atoms with Crippen LogP contribution in [0.2, 0.25) is 0 Å². The predicted octanol–water partition coefficient (Wildman–Crippen LogP) is 12.2. The molecule has 0 amide bonds. The summed E-state index contributed by atoms with van der Waals surface area (Å²) >= 11 is 1.85. The molecule has 7 aromatic carbocycles. The van der Waals surface area contributed by atoms with Crippen LogP contribution in [0.3, 0.4) is 0 Å². The summed E-state index contributed by atoms with van der Waals surface area (Å²) in [5.74, 6) is 0.697. The first-order chi connectivity index (χ1) is 24.0. The van der Waals surface area contributed by atoms with Gasteiger partial charge in [0.05, 0.1) is 22.4 Å². The lowest BCUT2D eigenvalue weighted by Crippen LogP contribution is -2.18. The molecule has 0 spiro atoms. The van der Waals surface area contributed by atoms with Crippen molar-refractivity contribution in [3.63, 3.8) is 0 Å². The highest BCUT2D eigenvalue weighted by molar-refractivity contribution is 7.25. The van der Waals surface area contributed by atoms with E-state index in [1.54, 1.807) is 0 Å². The Kier molecular flexibility index (Phi) is 5.33. The van der Waals surface area contributed by atoms with Crippen molar-refractivity contribution in [3.8, 4) is 28.5 Å². The van der Waals surface area contributed by atoms with Gasteiger partial charge in [-0.2, -0.15) is 0 Å². The molecule has 230 valence electrons. The molecule has 0 unspecified atom stereocenters. The number of benzene rings is 7. The molecular weight excluding hydrogens is 615 g/mol. The van der Waals surface area contributed by atoms with Gasteiger partial charge in [-0.05, 0) is 57.4 Å². The zero-order chi connectivity index (χ0) is 32.4. The molecular formula is C45H29N3S. The lowest BCUT2D eigenvalue weighted by molar-refractivity contribution is 0.657. The van der Waals surface area contributed by atoms with E-state index in [-0.39, 0.29) is 5.41 Å². The highest BCUT2D eigenvalue weighted by Crippen LogP contribution is 2.52. The predicted molar refractivity (Wildman–Crippen MR) is 207 cm³/mol. The quantitative estimate of drug-likeness (QED) is 0.188. The van der Waals surface area contributed by atoms with Crippen LogP contribution in [0.4, 0.5) is 0 Å². The summed E-state index contributed by atoms with van der Waals surface area (Å²) in [5.41, 5.74) is 8.77. The van der Waals surface area contributed by atoms with Crippen molar-refractivity contribution in [2.75, 3.05) is 0 Å². The number of aromatic nitrogens is 3. The van der Waals surface area contributed by atoms with E-state index >= 15 is 0 Å². The minimum absolute atomic E-state index is 0.262. The lowest BCUT2D eigenvalue weighted by atomic mass is 9.81. The highest BCUT2D eigenvalue weighted by atomic mass is 32.1. The van der Waals surface area contributed by atoms with Crippen molar-refractivity contribution in [3.05, 3.63) is 151 Å². The third kappa shape index (κ3) is 3.67. The second kappa shape index (κ2) is 9.62. The van der Waals surface area contributed by atoms with Gasteiger partial charge in [-0.1, -0.05) is 123 Å². The third-order valence-corrected chi connectivity index (χ3v) is 11.9. The molecule has 0 bridgehead atoms. The molecule has 0 radical (unpaired) electrons. The van der Waals surface area contributed by atoms with Gasteiger partial charge < -0.3 is 0 Å². The molecule has 0 fully saturated rings. The average Bonchev–Trinajstić information content (AvgIpc) is 3.75. The number of hydrogen-bond donors (Lipinski definition) is 0. The van der Waals surface area contributed by atoms with Crippen LogP contribution in [-0.2, 0) is 5.41 Å². The van der Waals surface area contributed by atoms with Crippen LogP contribution in [0.25, 0.3) is 92.0 Å². The smallest absolute Gasteiger partial charge is 0.235 e. The van der Waals surface area contributed by atoms with Crippen LogP contribution in [-0.4, -0.2) is 14.5 Å². The normalized spacial score (nSPS) is 13.7. The summed E-state index contributed by atoms with van der Waals surface area (Å²) in [7, 11) is 0. The van der Waals surface area contributed by atoms with Gasteiger partial charge >= 0.3 is 0 Å². The molecule has 10 aromatic rings. The van der Waals surface area contributed by atoms with Gasteiger partial charge in [0.1, 0.15) is 0 Å². The fourth-order valence-electron chi connectivity index (χ4n) is 8.48. The largest absolute Gasteiger partial charge is 0.278 e. The van der Waals surface area contributed by atoms with Crippen LogP contribution < -0.4 is 0 Å². The van der Waals surface area contributed by atoms with E-state index in [2.05, 4.69) is 158 Å². The molecule has 49 heavy (non-hydrogen) atoms. The first kappa shape index (κ1) is 27.1. The number of hydrogen-bond acceptors (Lipinski definition) is 3. The van der Waals surface area contributed by atoms with Gasteiger partial charge in [0, 0.05) is 53.1 Å². The van der Waals surface area contributed by atoms with E-state index in [4.69, 9.17) is 9.97 Å². The maximum absolute atomic E-state index is 5.61. The molecule has 4 heteroatoms. The summed E-state index contributed by atoms with van der Waals surface area (Å²) in [6, 6.07) is 50.8. The number of thiophene rings is 1. The molecule has 11 rings (SSSR count). The Labute approximate surface area is 286 Å². The number of nitrogens with zero attached hydrogens (tertiary/aromatic N) is 3. The van der Waals surface area contributed by atoms with Crippen LogP contribution in [0, 0.1) is 0 Å². The molecule has 0 saturated heterocycles. The topological polar surface area (TPSA) is 30.7 Å². The fourth-order valence-corrected chi connectivity index (χ4v) is 9.62. The first-order valence-corrected chi connectivity index (χ1v) is 17.7. The van der Waals surface area contributed by atoms with Crippen molar-refractivity contribution in [1.82, 2.24) is 14.5 Å². The lowest BCUT2D eigenvalue weighted by Gasteiger charge is -2.24. The standard InChI is InChI=1S/C45H29N3S/c1-45(2)35-17-9-7-16-33(35)43-41(45)42(29-19-21-32-31-15-8-10-18-38(31)49-39(32)25-29)46-44(47-43)48-36-22-20-26-11-5-6-14-30(26)40(36)34-23-27-12-3-4-13-28(27)24-37(34)48/h3-25H,1-2H3. The van der Waals surface area contributed by atoms with Gasteiger partial charge in [-0.3, -0.25) is 4.57 Å². The Hall–Kier alpha value is -5.84. The molecule has 3 heterocycles. The third-order valence-electron chi connectivity index (χ3n) is 10.8. The maximum Gasteiger partial charge on any atom is 0.235 e. The molecule has 0 saturated carbocycles. The van der Waals surface area contributed by atoms with Gasteiger partial charge in [0.2, 0.25) is 5.95 Å². The number of rotatable bonds is 2. The van der Waals surface area contributed by atoms with Gasteiger partial charge in [-0.15, -0.1) is 11.3 Å². The van der Waals surface area contributed by atoms with E-state index in [1.165, 1.54) is 69.2 Å². The summed E-state index contributed by atoms with van der Waals surface area (Å²) in [6.07, 6.45) is 0. The summed E-state index contributed by atoms with van der Waals surface area (Å²) < 4.78 is 4.88. The van der Waals surface area contributed by atoms with Crippen molar-refractivity contribution >= 4 is 74.9 Å². The molecule has 3 aromatic heterocycles. The Morgan fingerprint density at radius 2 is 1.22 bits per heavy atom. The SMILES string of the molecule is CC1(C)c2ccccc2-c2nc(-n3c4cc5ccccc5cc4c4c5ccccc5ccc43)nc(-c3ccc4c(c3)sc3ccccc34)c21. The Morgan fingerprint density at radius 1 is 0.531 bits per heavy atom. The van der Waals surface area contributed by atoms with Crippen LogP contribution in [0.15, 0.2) is 140 Å². The van der Waals surface area contributed by atoms with Crippen molar-refractivity contribution in [2.45, 2.75) is 19.3 Å². The van der Waals surface area contributed by atoms with E-state index in [1.807, 2.05) is 11.3 Å². The average molecular weight is 644 g/mol. The second-order valence-electron chi connectivity index (χ2n) is 13.8. The zero-order valence-electron chi connectivity index (χ0n) is 27.0. The Morgan fingerprint density at radius 3 is 2.10 bits per heavy atom. The Bertz CT molecular complexity index is 3030. The first-order valence-electron chi connectivity index (χ1n) is 16.8. The van der Waals surface area contributed by atoms with Gasteiger partial charge in [0.15, 0.2) is 0 Å². The highest BCUT2D eigenvalue weighted by Gasteiger charge is 2.40. The van der Waals surface area contributed by atoms with E-state index in [0.29, 0.717) is 5.95 Å². The van der Waals surface area contributed by atoms with Crippen LogP contribution >= 0.6 is 11.3 Å². The van der Waals surface area contributed by atoms with Crippen molar-refractivity contribution in [1.29, 1.82) is 0 Å². The van der Waals surface area contributed by atoms with Crippen LogP contribution in [0.1, 0.15) is 25.0 Å². The number of fused-ring (bicyclic) bond motifs is 12. The van der Waals surface area contributed by atoms with E-state index in [9.17, 15) is 0 Å². The molecule has 0 N–H and O–H groups in total. The van der Waals surface area contributed by atoms with Crippen molar-refractivity contribution in [2.24, 2.45) is 0 Å². The summed E-state index contributed by atoms with van der Waals surface area (Å²) in [4.78, 5) is 11.1. The zero-order valence-corrected chi connectivity index (χ0v) is 27.8. The molecule has 0 atom stereocenters. The van der Waals surface area contributed by atoms with E-state index < -0.39 is 0 Å². The van der Waals surface area contributed by atoms with Gasteiger partial charge in [0.25, 0.3) is 0 Å². The minimum Gasteiger partial charge on any atom is -0.278 e.